The fourth-order valence-electron chi connectivity index (χ4n) is 1.55. The maximum atomic E-state index is 5.62. The minimum Gasteiger partial charge on any atom is -0.494 e. The van der Waals surface area contributed by atoms with E-state index in [9.17, 15) is 0 Å². The number of aryl methyl sites for hydroxylation is 1. The number of thiazole rings is 1. The van der Waals surface area contributed by atoms with Crippen LogP contribution in [0.3, 0.4) is 0 Å². The van der Waals surface area contributed by atoms with Crippen molar-refractivity contribution in [2.75, 3.05) is 6.61 Å². The molecule has 0 aliphatic carbocycles. The number of hydrogen-bond donors (Lipinski definition) is 0. The van der Waals surface area contributed by atoms with Crippen LogP contribution in [0.15, 0.2) is 29.6 Å². The predicted molar refractivity (Wildman–Crippen MR) is 72.7 cm³/mol. The van der Waals surface area contributed by atoms with E-state index < -0.39 is 0 Å². The highest BCUT2D eigenvalue weighted by atomic mass is 32.1. The summed E-state index contributed by atoms with van der Waals surface area (Å²) in [5.74, 6) is 0.939. The van der Waals surface area contributed by atoms with Crippen molar-refractivity contribution in [2.45, 2.75) is 26.7 Å². The molecule has 0 amide bonds. The number of rotatable bonds is 5. The molecule has 0 bridgehead atoms. The van der Waals surface area contributed by atoms with Gasteiger partial charge in [0.1, 0.15) is 5.75 Å². The first-order valence-corrected chi connectivity index (χ1v) is 6.83. The van der Waals surface area contributed by atoms with E-state index in [-0.39, 0.29) is 0 Å². The van der Waals surface area contributed by atoms with Gasteiger partial charge in [-0.1, -0.05) is 13.3 Å². The molecule has 0 fully saturated rings. The number of nitrogens with zero attached hydrogens (tertiary/aromatic N) is 1. The Labute approximate surface area is 106 Å². The standard InChI is InChI=1S/C14H17NOS/c1-3-4-9-16-13-7-5-12(6-8-13)14-10-17-11(2)15-14/h5-8,10H,3-4,9H2,1-2H3. The molecule has 0 atom stereocenters. The largest absolute Gasteiger partial charge is 0.494 e. The third-order valence-electron chi connectivity index (χ3n) is 2.54. The highest BCUT2D eigenvalue weighted by molar-refractivity contribution is 7.09. The first-order valence-electron chi connectivity index (χ1n) is 5.95. The van der Waals surface area contributed by atoms with Crippen LogP contribution >= 0.6 is 11.3 Å². The van der Waals surface area contributed by atoms with E-state index in [0.29, 0.717) is 0 Å². The first-order chi connectivity index (χ1) is 8.29. The predicted octanol–water partition coefficient (Wildman–Crippen LogP) is 4.30. The maximum absolute atomic E-state index is 5.62. The van der Waals surface area contributed by atoms with Crippen molar-refractivity contribution in [3.05, 3.63) is 34.7 Å². The van der Waals surface area contributed by atoms with Gasteiger partial charge in [0, 0.05) is 10.9 Å². The second kappa shape index (κ2) is 5.82. The van der Waals surface area contributed by atoms with Crippen LogP contribution in [0.25, 0.3) is 11.3 Å². The van der Waals surface area contributed by atoms with E-state index in [1.54, 1.807) is 11.3 Å². The Hall–Kier alpha value is -1.35. The van der Waals surface area contributed by atoms with E-state index in [2.05, 4.69) is 29.4 Å². The van der Waals surface area contributed by atoms with Gasteiger partial charge >= 0.3 is 0 Å². The third-order valence-corrected chi connectivity index (χ3v) is 3.31. The quantitative estimate of drug-likeness (QED) is 0.735. The second-order valence-electron chi connectivity index (χ2n) is 3.98. The molecule has 0 saturated heterocycles. The molecule has 17 heavy (non-hydrogen) atoms. The average Bonchev–Trinajstić information content (AvgIpc) is 2.77. The summed E-state index contributed by atoms with van der Waals surface area (Å²) in [6, 6.07) is 8.16. The van der Waals surface area contributed by atoms with E-state index in [1.807, 2.05) is 19.1 Å². The van der Waals surface area contributed by atoms with Crippen LogP contribution in [0.2, 0.25) is 0 Å². The van der Waals surface area contributed by atoms with Gasteiger partial charge in [-0.15, -0.1) is 11.3 Å². The van der Waals surface area contributed by atoms with Crippen molar-refractivity contribution >= 4 is 11.3 Å². The molecule has 2 rings (SSSR count). The minimum absolute atomic E-state index is 0.797. The Morgan fingerprint density at radius 2 is 2.00 bits per heavy atom. The molecule has 1 heterocycles. The summed E-state index contributed by atoms with van der Waals surface area (Å²) < 4.78 is 5.62. The summed E-state index contributed by atoms with van der Waals surface area (Å²) >= 11 is 1.68. The third kappa shape index (κ3) is 3.30. The van der Waals surface area contributed by atoms with E-state index in [1.165, 1.54) is 0 Å². The van der Waals surface area contributed by atoms with Crippen LogP contribution < -0.4 is 4.74 Å². The lowest BCUT2D eigenvalue weighted by Crippen LogP contribution is -1.95. The normalized spacial score (nSPS) is 10.5. The van der Waals surface area contributed by atoms with E-state index in [0.717, 1.165) is 41.5 Å². The van der Waals surface area contributed by atoms with Crippen LogP contribution in [0, 0.1) is 6.92 Å². The first kappa shape index (κ1) is 12.1. The SMILES string of the molecule is CCCCOc1ccc(-c2csc(C)n2)cc1. The summed E-state index contributed by atoms with van der Waals surface area (Å²) in [6.07, 6.45) is 2.27. The lowest BCUT2D eigenvalue weighted by Gasteiger charge is -2.05. The summed E-state index contributed by atoms with van der Waals surface area (Å²) in [7, 11) is 0. The zero-order valence-corrected chi connectivity index (χ0v) is 11.1. The van der Waals surface area contributed by atoms with Gasteiger partial charge in [-0.3, -0.25) is 0 Å². The molecule has 0 spiro atoms. The molecule has 0 aliphatic rings. The summed E-state index contributed by atoms with van der Waals surface area (Å²) in [5.41, 5.74) is 2.20. The van der Waals surface area contributed by atoms with Crippen molar-refractivity contribution in [3.63, 3.8) is 0 Å². The topological polar surface area (TPSA) is 22.1 Å². The molecule has 1 aromatic heterocycles. The Kier molecular flexibility index (Phi) is 4.15. The monoisotopic (exact) mass is 247 g/mol. The molecular weight excluding hydrogens is 230 g/mol. The molecule has 0 N–H and O–H groups in total. The molecule has 0 unspecified atom stereocenters. The van der Waals surface area contributed by atoms with Crippen LogP contribution in [0.1, 0.15) is 24.8 Å². The lowest BCUT2D eigenvalue weighted by atomic mass is 10.2. The second-order valence-corrected chi connectivity index (χ2v) is 5.04. The smallest absolute Gasteiger partial charge is 0.119 e. The molecule has 1 aromatic carbocycles. The van der Waals surface area contributed by atoms with E-state index >= 15 is 0 Å². The zero-order chi connectivity index (χ0) is 12.1. The Morgan fingerprint density at radius 3 is 2.59 bits per heavy atom. The Balaban J connectivity index is 2.02. The molecule has 3 heteroatoms. The van der Waals surface area contributed by atoms with Gasteiger partial charge in [0.05, 0.1) is 17.3 Å². The van der Waals surface area contributed by atoms with Crippen LogP contribution in [-0.2, 0) is 0 Å². The van der Waals surface area contributed by atoms with Gasteiger partial charge in [0.2, 0.25) is 0 Å². The van der Waals surface area contributed by atoms with Crippen LogP contribution in [0.4, 0.5) is 0 Å². The maximum Gasteiger partial charge on any atom is 0.119 e. The van der Waals surface area contributed by atoms with Gasteiger partial charge in [-0.05, 0) is 37.6 Å². The van der Waals surface area contributed by atoms with Crippen molar-refractivity contribution in [3.8, 4) is 17.0 Å². The van der Waals surface area contributed by atoms with Crippen LogP contribution in [-0.4, -0.2) is 11.6 Å². The van der Waals surface area contributed by atoms with Gasteiger partial charge in [-0.2, -0.15) is 0 Å². The van der Waals surface area contributed by atoms with Crippen molar-refractivity contribution in [1.82, 2.24) is 4.98 Å². The molecule has 0 radical (unpaired) electrons. The molecule has 2 aromatic rings. The van der Waals surface area contributed by atoms with Gasteiger partial charge in [-0.25, -0.2) is 4.98 Å². The van der Waals surface area contributed by atoms with Gasteiger partial charge in [0.25, 0.3) is 0 Å². The van der Waals surface area contributed by atoms with Crippen molar-refractivity contribution in [2.24, 2.45) is 0 Å². The highest BCUT2D eigenvalue weighted by Crippen LogP contribution is 2.23. The lowest BCUT2D eigenvalue weighted by molar-refractivity contribution is 0.309. The molecule has 2 nitrogen and oxygen atoms in total. The molecule has 0 saturated carbocycles. The van der Waals surface area contributed by atoms with Crippen LogP contribution in [0.5, 0.6) is 5.75 Å². The summed E-state index contributed by atoms with van der Waals surface area (Å²) in [6.45, 7) is 4.99. The summed E-state index contributed by atoms with van der Waals surface area (Å²) in [5, 5.41) is 3.19. The van der Waals surface area contributed by atoms with Gasteiger partial charge < -0.3 is 4.74 Å². The van der Waals surface area contributed by atoms with Gasteiger partial charge in [0.15, 0.2) is 0 Å². The van der Waals surface area contributed by atoms with E-state index in [4.69, 9.17) is 4.74 Å². The molecule has 0 aliphatic heterocycles. The van der Waals surface area contributed by atoms with Crippen molar-refractivity contribution in [1.29, 1.82) is 0 Å². The number of hydrogen-bond acceptors (Lipinski definition) is 3. The molecular formula is C14H17NOS. The highest BCUT2D eigenvalue weighted by Gasteiger charge is 2.02. The van der Waals surface area contributed by atoms with Crippen molar-refractivity contribution < 1.29 is 4.74 Å². The Bertz CT molecular complexity index is 461. The molecule has 90 valence electrons. The fourth-order valence-corrected chi connectivity index (χ4v) is 2.17. The number of unbranched alkanes of at least 4 members (excludes halogenated alkanes) is 1. The number of aromatic nitrogens is 1. The number of ether oxygens (including phenoxy) is 1. The zero-order valence-electron chi connectivity index (χ0n) is 10.3. The minimum atomic E-state index is 0.797. The average molecular weight is 247 g/mol. The fraction of sp³-hybridized carbons (Fsp3) is 0.357. The Morgan fingerprint density at radius 1 is 1.24 bits per heavy atom. The number of benzene rings is 1. The summed E-state index contributed by atoms with van der Waals surface area (Å²) in [4.78, 5) is 4.46.